The second-order valence-electron chi connectivity index (χ2n) is 4.90. The van der Waals surface area contributed by atoms with Crippen LogP contribution in [0.4, 0.5) is 4.79 Å². The number of methoxy groups -OCH3 is 1. The molecule has 2 atom stereocenters. The van der Waals surface area contributed by atoms with Crippen molar-refractivity contribution in [3.8, 4) is 0 Å². The van der Waals surface area contributed by atoms with E-state index in [4.69, 9.17) is 4.74 Å². The van der Waals surface area contributed by atoms with Crippen LogP contribution in [0.1, 0.15) is 13.8 Å². The van der Waals surface area contributed by atoms with Crippen molar-refractivity contribution >= 4 is 24.3 Å². The first-order chi connectivity index (χ1) is 9.02. The van der Waals surface area contributed by atoms with Crippen LogP contribution in [0.2, 0.25) is 0 Å². The molecule has 0 saturated carbocycles. The molecule has 0 radical (unpaired) electrons. The van der Waals surface area contributed by atoms with E-state index in [1.54, 1.807) is 7.11 Å². The van der Waals surface area contributed by atoms with Crippen molar-refractivity contribution in [3.05, 3.63) is 0 Å². The number of carbonyl (C=O) groups is 2. The molecule has 0 aromatic heterocycles. The summed E-state index contributed by atoms with van der Waals surface area (Å²) in [6.07, 6.45) is 0. The molecule has 0 aliphatic carbocycles. The molecule has 7 nitrogen and oxygen atoms in total. The monoisotopic (exact) mass is 308 g/mol. The number of amides is 3. The molecule has 118 valence electrons. The highest BCUT2D eigenvalue weighted by atomic mass is 35.5. The highest BCUT2D eigenvalue weighted by Gasteiger charge is 2.21. The molecule has 3 N–H and O–H groups in total. The van der Waals surface area contributed by atoms with Gasteiger partial charge in [0.25, 0.3) is 0 Å². The Kier molecular flexibility index (Phi) is 9.49. The van der Waals surface area contributed by atoms with E-state index in [1.807, 2.05) is 6.92 Å². The smallest absolute Gasteiger partial charge is 0.321 e. The zero-order chi connectivity index (χ0) is 14.3. The first kappa shape index (κ1) is 19.1. The van der Waals surface area contributed by atoms with Gasteiger partial charge < -0.3 is 15.4 Å². The Bertz CT molecular complexity index is 317. The Morgan fingerprint density at radius 1 is 1.50 bits per heavy atom. The summed E-state index contributed by atoms with van der Waals surface area (Å²) in [5.74, 6) is -0.282. The molecule has 1 unspecified atom stereocenters. The first-order valence-electron chi connectivity index (χ1n) is 6.57. The second kappa shape index (κ2) is 9.93. The third-order valence-electron chi connectivity index (χ3n) is 3.03. The third kappa shape index (κ3) is 7.04. The Morgan fingerprint density at radius 3 is 2.80 bits per heavy atom. The fourth-order valence-corrected chi connectivity index (χ4v) is 2.02. The minimum Gasteiger partial charge on any atom is -0.383 e. The van der Waals surface area contributed by atoms with E-state index in [9.17, 15) is 9.59 Å². The summed E-state index contributed by atoms with van der Waals surface area (Å²) < 4.78 is 4.90. The van der Waals surface area contributed by atoms with Gasteiger partial charge in [0.1, 0.15) is 0 Å². The topological polar surface area (TPSA) is 82.7 Å². The number of halogens is 1. The van der Waals surface area contributed by atoms with E-state index >= 15 is 0 Å². The Hall–Kier alpha value is -0.890. The molecule has 1 heterocycles. The van der Waals surface area contributed by atoms with E-state index in [0.717, 1.165) is 19.6 Å². The Morgan fingerprint density at radius 2 is 2.20 bits per heavy atom. The van der Waals surface area contributed by atoms with Gasteiger partial charge in [0.05, 0.1) is 19.2 Å². The number of ether oxygens (including phenoxy) is 1. The molecule has 0 aromatic carbocycles. The van der Waals surface area contributed by atoms with Crippen LogP contribution in [0.25, 0.3) is 0 Å². The predicted molar refractivity (Wildman–Crippen MR) is 79.2 cm³/mol. The second-order valence-corrected chi connectivity index (χ2v) is 4.90. The van der Waals surface area contributed by atoms with Gasteiger partial charge in [-0.2, -0.15) is 0 Å². The lowest BCUT2D eigenvalue weighted by Gasteiger charge is -2.33. The van der Waals surface area contributed by atoms with Gasteiger partial charge in [0.2, 0.25) is 5.91 Å². The van der Waals surface area contributed by atoms with E-state index in [0.29, 0.717) is 12.6 Å². The maximum Gasteiger partial charge on any atom is 0.321 e. The van der Waals surface area contributed by atoms with Crippen molar-refractivity contribution in [2.45, 2.75) is 25.9 Å². The molecule has 1 fully saturated rings. The molecule has 0 aromatic rings. The van der Waals surface area contributed by atoms with Gasteiger partial charge in [-0.25, -0.2) is 4.79 Å². The van der Waals surface area contributed by atoms with Crippen molar-refractivity contribution in [3.63, 3.8) is 0 Å². The number of piperazine rings is 1. The zero-order valence-corrected chi connectivity index (χ0v) is 13.1. The van der Waals surface area contributed by atoms with E-state index in [1.165, 1.54) is 0 Å². The minimum atomic E-state index is -0.475. The summed E-state index contributed by atoms with van der Waals surface area (Å²) in [7, 11) is 1.56. The van der Waals surface area contributed by atoms with Crippen LogP contribution >= 0.6 is 12.4 Å². The van der Waals surface area contributed by atoms with Crippen molar-refractivity contribution in [1.82, 2.24) is 20.9 Å². The van der Waals surface area contributed by atoms with Crippen LogP contribution in [0, 0.1) is 0 Å². The van der Waals surface area contributed by atoms with Gasteiger partial charge in [-0.05, 0) is 13.8 Å². The van der Waals surface area contributed by atoms with Crippen molar-refractivity contribution in [2.75, 3.05) is 39.9 Å². The van der Waals surface area contributed by atoms with Gasteiger partial charge >= 0.3 is 6.03 Å². The van der Waals surface area contributed by atoms with Crippen LogP contribution in [-0.2, 0) is 9.53 Å². The van der Waals surface area contributed by atoms with Crippen LogP contribution in [0.5, 0.6) is 0 Å². The number of urea groups is 1. The molecular weight excluding hydrogens is 284 g/mol. The molecule has 8 heteroatoms. The molecule has 1 aliphatic rings. The summed E-state index contributed by atoms with van der Waals surface area (Å²) in [6.45, 7) is 7.08. The average Bonchev–Trinajstić information content (AvgIpc) is 2.31. The number of carbonyl (C=O) groups excluding carboxylic acids is 2. The standard InChI is InChI=1S/C12H24N4O3.ClH/c1-9(8-19-3)14-12(18)15-11(17)7-16-5-4-13-6-10(16)2;/h9-10,13H,4-8H2,1-3H3,(H2,14,15,17,18);1H/t9?,10-;/m1./s1. The largest absolute Gasteiger partial charge is 0.383 e. The summed E-state index contributed by atoms with van der Waals surface area (Å²) in [6, 6.07) is -0.303. The summed E-state index contributed by atoms with van der Waals surface area (Å²) in [4.78, 5) is 25.3. The van der Waals surface area contributed by atoms with Gasteiger partial charge in [0, 0.05) is 32.8 Å². The average molecular weight is 309 g/mol. The fraction of sp³-hybridized carbons (Fsp3) is 0.833. The molecule has 0 bridgehead atoms. The van der Waals surface area contributed by atoms with Crippen LogP contribution in [-0.4, -0.2) is 68.8 Å². The lowest BCUT2D eigenvalue weighted by Crippen LogP contribution is -2.54. The lowest BCUT2D eigenvalue weighted by atomic mass is 10.2. The van der Waals surface area contributed by atoms with Crippen LogP contribution in [0.3, 0.4) is 0 Å². The molecule has 1 rings (SSSR count). The van der Waals surface area contributed by atoms with Gasteiger partial charge in [-0.3, -0.25) is 15.0 Å². The highest BCUT2D eigenvalue weighted by Crippen LogP contribution is 2.00. The van der Waals surface area contributed by atoms with E-state index in [-0.39, 0.29) is 30.9 Å². The first-order valence-corrected chi connectivity index (χ1v) is 6.57. The van der Waals surface area contributed by atoms with Gasteiger partial charge in [-0.1, -0.05) is 0 Å². The SMILES string of the molecule is COCC(C)NC(=O)NC(=O)CN1CCNC[C@H]1C.Cl. The number of nitrogens with one attached hydrogen (secondary N) is 3. The van der Waals surface area contributed by atoms with Crippen molar-refractivity contribution in [2.24, 2.45) is 0 Å². The highest BCUT2D eigenvalue weighted by molar-refractivity contribution is 5.95. The fourth-order valence-electron chi connectivity index (χ4n) is 2.02. The maximum absolute atomic E-state index is 11.7. The molecule has 1 saturated heterocycles. The summed E-state index contributed by atoms with van der Waals surface area (Å²) in [5, 5.41) is 8.22. The minimum absolute atomic E-state index is 0. The Balaban J connectivity index is 0.00000361. The van der Waals surface area contributed by atoms with Crippen molar-refractivity contribution < 1.29 is 14.3 Å². The summed E-state index contributed by atoms with van der Waals surface area (Å²) in [5.41, 5.74) is 0. The van der Waals surface area contributed by atoms with Gasteiger partial charge in [-0.15, -0.1) is 12.4 Å². The summed E-state index contributed by atoms with van der Waals surface area (Å²) >= 11 is 0. The number of rotatable bonds is 5. The van der Waals surface area contributed by atoms with E-state index in [2.05, 4.69) is 27.8 Å². The molecule has 0 spiro atoms. The predicted octanol–water partition coefficient (Wildman–Crippen LogP) is -0.437. The molecule has 20 heavy (non-hydrogen) atoms. The van der Waals surface area contributed by atoms with Crippen LogP contribution in [0.15, 0.2) is 0 Å². The number of hydrogen-bond donors (Lipinski definition) is 3. The molecular formula is C12H25ClN4O3. The number of imide groups is 1. The van der Waals surface area contributed by atoms with Crippen molar-refractivity contribution in [1.29, 1.82) is 0 Å². The zero-order valence-electron chi connectivity index (χ0n) is 12.3. The van der Waals surface area contributed by atoms with E-state index < -0.39 is 6.03 Å². The van der Waals surface area contributed by atoms with Crippen LogP contribution < -0.4 is 16.0 Å². The Labute approximate surface area is 126 Å². The molecule has 1 aliphatic heterocycles. The lowest BCUT2D eigenvalue weighted by molar-refractivity contribution is -0.121. The quantitative estimate of drug-likeness (QED) is 0.641. The number of nitrogens with zero attached hydrogens (tertiary/aromatic N) is 1. The van der Waals surface area contributed by atoms with Gasteiger partial charge in [0.15, 0.2) is 0 Å². The maximum atomic E-state index is 11.7. The number of hydrogen-bond acceptors (Lipinski definition) is 5. The molecule has 3 amide bonds. The normalized spacial score (nSPS) is 20.6. The third-order valence-corrected chi connectivity index (χ3v) is 3.03.